The molecule has 1 atom stereocenters. The minimum atomic E-state index is -0.564. The molecule has 0 saturated carbocycles. The van der Waals surface area contributed by atoms with Crippen LogP contribution >= 0.6 is 11.3 Å². The Balaban J connectivity index is 1.24. The van der Waals surface area contributed by atoms with Gasteiger partial charge in [-0.2, -0.15) is 5.10 Å². The van der Waals surface area contributed by atoms with Crippen molar-refractivity contribution in [3.05, 3.63) is 112 Å². The highest BCUT2D eigenvalue weighted by Gasteiger charge is 2.32. The van der Waals surface area contributed by atoms with Crippen molar-refractivity contribution in [3.8, 4) is 16.1 Å². The molecule has 1 aliphatic heterocycles. The van der Waals surface area contributed by atoms with Crippen molar-refractivity contribution < 1.29 is 14.0 Å². The summed E-state index contributed by atoms with van der Waals surface area (Å²) in [5.74, 6) is 0.122. The van der Waals surface area contributed by atoms with E-state index in [2.05, 4.69) is 44.8 Å². The van der Waals surface area contributed by atoms with E-state index in [9.17, 15) is 14.0 Å². The van der Waals surface area contributed by atoms with Gasteiger partial charge in [-0.05, 0) is 55.7 Å². The van der Waals surface area contributed by atoms with Gasteiger partial charge in [-0.15, -0.1) is 21.5 Å². The van der Waals surface area contributed by atoms with E-state index < -0.39 is 17.8 Å². The van der Waals surface area contributed by atoms with E-state index in [1.54, 1.807) is 49.0 Å². The first kappa shape index (κ1) is 29.2. The number of hydrogen-bond acceptors (Lipinski definition) is 8. The Bertz CT molecular complexity index is 2200. The van der Waals surface area contributed by atoms with Gasteiger partial charge < -0.3 is 10.6 Å². The van der Waals surface area contributed by atoms with Crippen molar-refractivity contribution in [2.45, 2.75) is 33.2 Å². The molecule has 0 fully saturated rings. The van der Waals surface area contributed by atoms with Gasteiger partial charge >= 0.3 is 0 Å². The quantitative estimate of drug-likeness (QED) is 0.253. The van der Waals surface area contributed by atoms with Gasteiger partial charge in [0.2, 0.25) is 5.91 Å². The van der Waals surface area contributed by atoms with Crippen LogP contribution in [0.2, 0.25) is 0 Å². The summed E-state index contributed by atoms with van der Waals surface area (Å²) in [6.07, 6.45) is 4.77. The van der Waals surface area contributed by atoms with Gasteiger partial charge in [0.05, 0.1) is 24.0 Å². The number of aliphatic imine (C=N–C) groups is 1. The van der Waals surface area contributed by atoms with Gasteiger partial charge in [-0.3, -0.25) is 19.1 Å². The number of rotatable bonds is 6. The van der Waals surface area contributed by atoms with Gasteiger partial charge in [0.25, 0.3) is 5.91 Å². The second kappa shape index (κ2) is 11.4. The van der Waals surface area contributed by atoms with E-state index in [1.165, 1.54) is 16.8 Å². The zero-order valence-corrected chi connectivity index (χ0v) is 26.2. The summed E-state index contributed by atoms with van der Waals surface area (Å²) in [4.78, 5) is 36.1. The first-order valence-electron chi connectivity index (χ1n) is 14.5. The Morgan fingerprint density at radius 1 is 1.02 bits per heavy atom. The van der Waals surface area contributed by atoms with E-state index in [0.717, 1.165) is 43.7 Å². The first-order chi connectivity index (χ1) is 22.2. The lowest BCUT2D eigenvalue weighted by molar-refractivity contribution is -0.121. The number of nitrogens with zero attached hydrogens (tertiary/aromatic N) is 7. The third-order valence-corrected chi connectivity index (χ3v) is 9.32. The maximum Gasteiger partial charge on any atom is 0.261 e. The Labute approximate surface area is 266 Å². The van der Waals surface area contributed by atoms with Crippen LogP contribution in [0.15, 0.2) is 72.1 Å². The van der Waals surface area contributed by atoms with Gasteiger partial charge in [0, 0.05) is 35.4 Å². The van der Waals surface area contributed by atoms with Crippen LogP contribution in [0.4, 0.5) is 10.1 Å². The minimum Gasteiger partial charge on any atom is -0.359 e. The van der Waals surface area contributed by atoms with Crippen molar-refractivity contribution in [1.29, 1.82) is 0 Å². The average Bonchev–Trinajstić information content (AvgIpc) is 3.72. The van der Waals surface area contributed by atoms with Crippen LogP contribution < -0.4 is 10.6 Å². The fraction of sp³-hybridized carbons (Fsp3) is 0.182. The topological polar surface area (TPSA) is 131 Å². The highest BCUT2D eigenvalue weighted by molar-refractivity contribution is 7.15. The summed E-state index contributed by atoms with van der Waals surface area (Å²) in [5, 5.41) is 19.2. The lowest BCUT2D eigenvalue weighted by atomic mass is 9.97. The Kier molecular flexibility index (Phi) is 7.24. The molecule has 13 heteroatoms. The van der Waals surface area contributed by atoms with Crippen molar-refractivity contribution in [3.63, 3.8) is 0 Å². The van der Waals surface area contributed by atoms with Crippen LogP contribution in [0.5, 0.6) is 0 Å². The molecule has 0 spiro atoms. The zero-order valence-electron chi connectivity index (χ0n) is 25.4. The molecule has 4 aromatic heterocycles. The summed E-state index contributed by atoms with van der Waals surface area (Å²) >= 11 is 1.65. The van der Waals surface area contributed by atoms with E-state index in [-0.39, 0.29) is 23.6 Å². The largest absolute Gasteiger partial charge is 0.359 e. The third-order valence-electron chi connectivity index (χ3n) is 8.13. The molecule has 0 aliphatic carbocycles. The summed E-state index contributed by atoms with van der Waals surface area (Å²) in [6.45, 7) is 6.05. The summed E-state index contributed by atoms with van der Waals surface area (Å²) in [6, 6.07) is 13.6. The molecule has 2 N–H and O–H groups in total. The molecule has 0 saturated heterocycles. The van der Waals surface area contributed by atoms with E-state index in [0.29, 0.717) is 17.0 Å². The average molecular weight is 634 g/mol. The highest BCUT2D eigenvalue weighted by atomic mass is 32.1. The fourth-order valence-corrected chi connectivity index (χ4v) is 6.81. The van der Waals surface area contributed by atoms with Gasteiger partial charge in [0.15, 0.2) is 11.5 Å². The van der Waals surface area contributed by atoms with Crippen LogP contribution in [0.25, 0.3) is 21.8 Å². The molecule has 2 aromatic carbocycles. The molecular formula is C33H28FN9O2S. The number of thiophene rings is 1. The number of nitrogens with one attached hydrogen (secondary N) is 2. The number of carbonyl (C=O) groups is 2. The number of amides is 2. The Morgan fingerprint density at radius 2 is 1.78 bits per heavy atom. The molecule has 0 radical (unpaired) electrons. The third kappa shape index (κ3) is 4.94. The van der Waals surface area contributed by atoms with Crippen molar-refractivity contribution in [2.24, 2.45) is 4.99 Å². The molecule has 0 bridgehead atoms. The van der Waals surface area contributed by atoms with Crippen LogP contribution in [0, 0.1) is 26.6 Å². The van der Waals surface area contributed by atoms with Crippen molar-refractivity contribution in [1.82, 2.24) is 34.7 Å². The second-order valence-electron chi connectivity index (χ2n) is 10.9. The summed E-state index contributed by atoms with van der Waals surface area (Å²) in [7, 11) is 1.60. The number of carbonyl (C=O) groups excluding carboxylic acids is 2. The number of aromatic nitrogens is 6. The van der Waals surface area contributed by atoms with Crippen molar-refractivity contribution in [2.75, 3.05) is 12.4 Å². The van der Waals surface area contributed by atoms with Gasteiger partial charge in [-0.25, -0.2) is 13.9 Å². The van der Waals surface area contributed by atoms with Crippen molar-refractivity contribution >= 4 is 40.2 Å². The van der Waals surface area contributed by atoms with Crippen LogP contribution in [0.3, 0.4) is 0 Å². The predicted octanol–water partition coefficient (Wildman–Crippen LogP) is 5.38. The molecule has 230 valence electrons. The van der Waals surface area contributed by atoms with Crippen LogP contribution in [0.1, 0.15) is 56.0 Å². The zero-order chi connectivity index (χ0) is 32.1. The molecule has 7 rings (SSSR count). The molecule has 46 heavy (non-hydrogen) atoms. The molecule has 6 aromatic rings. The number of hydrogen-bond donors (Lipinski definition) is 2. The highest BCUT2D eigenvalue weighted by Crippen LogP contribution is 2.39. The first-order valence-corrected chi connectivity index (χ1v) is 15.4. The monoisotopic (exact) mass is 633 g/mol. The van der Waals surface area contributed by atoms with E-state index in [1.807, 2.05) is 35.8 Å². The summed E-state index contributed by atoms with van der Waals surface area (Å²) < 4.78 is 18.4. The number of benzene rings is 2. The fourth-order valence-electron chi connectivity index (χ4n) is 5.60. The standard InChI is InChI=1S/C33H28FN9O2S/c1-17-18(2)46-33-28(17)29(38-26(15-27(44)35-4)31-41-40-19(3)43(31)33)21-8-6-20(7-9-21)22-10-11-24(34)25(14-22)39-32(45)23-16-37-42-13-5-12-36-30(23)42/h5-14,16,26H,15H2,1-4H3,(H,35,44)(H,39,45)/t26-/m0/s1. The maximum atomic E-state index is 14.9. The molecule has 1 aliphatic rings. The molecule has 11 nitrogen and oxygen atoms in total. The second-order valence-corrected chi connectivity index (χ2v) is 12.2. The minimum absolute atomic E-state index is 0.0412. The maximum absolute atomic E-state index is 14.9. The number of aryl methyl sites for hydroxylation is 2. The lowest BCUT2D eigenvalue weighted by Gasteiger charge is -2.13. The SMILES string of the molecule is CNC(=O)C[C@@H]1N=C(c2ccc(-c3ccc(F)c(NC(=O)c4cnn5cccnc45)c3)cc2)c2c(sc(C)c2C)-n2c(C)nnc21. The molecular weight excluding hydrogens is 605 g/mol. The van der Waals surface area contributed by atoms with E-state index in [4.69, 9.17) is 4.99 Å². The Hall–Kier alpha value is -5.56. The number of fused-ring (bicyclic) bond motifs is 4. The van der Waals surface area contributed by atoms with Gasteiger partial charge in [-0.1, -0.05) is 30.3 Å². The normalized spacial score (nSPS) is 13.9. The predicted molar refractivity (Wildman–Crippen MR) is 173 cm³/mol. The van der Waals surface area contributed by atoms with Crippen LogP contribution in [-0.4, -0.2) is 53.9 Å². The summed E-state index contributed by atoms with van der Waals surface area (Å²) in [5.41, 5.74) is 5.89. The molecule has 0 unspecified atom stereocenters. The smallest absolute Gasteiger partial charge is 0.261 e. The van der Waals surface area contributed by atoms with Gasteiger partial charge in [0.1, 0.15) is 28.2 Å². The molecule has 5 heterocycles. The van der Waals surface area contributed by atoms with E-state index >= 15 is 0 Å². The lowest BCUT2D eigenvalue weighted by Crippen LogP contribution is -2.21. The Morgan fingerprint density at radius 3 is 2.57 bits per heavy atom. The number of anilines is 1. The van der Waals surface area contributed by atoms with Crippen LogP contribution in [-0.2, 0) is 4.79 Å². The number of halogens is 1. The molecule has 2 amide bonds.